The first kappa shape index (κ1) is 12.0. The van der Waals surface area contributed by atoms with Gasteiger partial charge in [0.25, 0.3) is 0 Å². The predicted molar refractivity (Wildman–Crippen MR) is 73.3 cm³/mol. The minimum absolute atomic E-state index is 0.158. The molecule has 0 spiro atoms. The molecular weight excluding hydrogens is 226 g/mol. The molecule has 92 valence electrons. The lowest BCUT2D eigenvalue weighted by Crippen LogP contribution is -1.97. The molecule has 0 aromatic heterocycles. The Hall–Kier alpha value is -2.42. The smallest absolute Gasteiger partial charge is 0.142 e. The zero-order valence-electron chi connectivity index (χ0n) is 9.97. The van der Waals surface area contributed by atoms with Crippen molar-refractivity contribution in [2.45, 2.75) is 0 Å². The second-order valence-corrected chi connectivity index (χ2v) is 3.76. The minimum Gasteiger partial charge on any atom is -0.506 e. The molecule has 2 aromatic carbocycles. The van der Waals surface area contributed by atoms with E-state index in [4.69, 9.17) is 4.74 Å². The molecule has 0 heterocycles. The zero-order chi connectivity index (χ0) is 12.8. The van der Waals surface area contributed by atoms with Crippen LogP contribution < -0.4 is 10.1 Å². The fraction of sp³-hybridized carbons (Fsp3) is 0.0667. The second-order valence-electron chi connectivity index (χ2n) is 3.76. The summed E-state index contributed by atoms with van der Waals surface area (Å²) in [6.45, 7) is 4.21. The molecule has 0 amide bonds. The summed E-state index contributed by atoms with van der Waals surface area (Å²) in [5.41, 5.74) is 0.662. The van der Waals surface area contributed by atoms with Gasteiger partial charge in [-0.1, -0.05) is 24.3 Å². The van der Waals surface area contributed by atoms with Gasteiger partial charge in [-0.05, 0) is 24.3 Å². The zero-order valence-corrected chi connectivity index (χ0v) is 9.97. The summed E-state index contributed by atoms with van der Waals surface area (Å²) in [4.78, 5) is 0. The highest BCUT2D eigenvalue weighted by atomic mass is 16.5. The van der Waals surface area contributed by atoms with E-state index in [1.54, 1.807) is 24.3 Å². The van der Waals surface area contributed by atoms with Crippen LogP contribution in [0.4, 0.5) is 5.69 Å². The van der Waals surface area contributed by atoms with Crippen LogP contribution in [0.15, 0.2) is 61.2 Å². The summed E-state index contributed by atoms with van der Waals surface area (Å²) in [5.74, 6) is 1.50. The number of hydrogen-bond donors (Lipinski definition) is 2. The van der Waals surface area contributed by atoms with E-state index in [9.17, 15) is 5.11 Å². The number of phenolic OH excluding ortho intramolecular Hbond substituents is 1. The summed E-state index contributed by atoms with van der Waals surface area (Å²) in [6.07, 6.45) is 1.73. The van der Waals surface area contributed by atoms with Crippen LogP contribution in [-0.4, -0.2) is 11.7 Å². The molecular formula is C15H15NO2. The largest absolute Gasteiger partial charge is 0.506 e. The molecule has 0 fully saturated rings. The number of anilines is 1. The lowest BCUT2D eigenvalue weighted by atomic mass is 10.2. The van der Waals surface area contributed by atoms with Crippen molar-refractivity contribution in [3.8, 4) is 17.2 Å². The molecule has 0 saturated carbocycles. The fourth-order valence-electron chi connectivity index (χ4n) is 1.53. The summed E-state index contributed by atoms with van der Waals surface area (Å²) < 4.78 is 5.61. The number of hydrogen-bond acceptors (Lipinski definition) is 3. The SMILES string of the molecule is C=CCNc1ccc(Oc2ccccc2)cc1O. The van der Waals surface area contributed by atoms with E-state index in [1.807, 2.05) is 30.3 Å². The van der Waals surface area contributed by atoms with E-state index in [0.717, 1.165) is 5.75 Å². The molecule has 0 aliphatic rings. The molecule has 2 N–H and O–H groups in total. The van der Waals surface area contributed by atoms with Gasteiger partial charge in [0.15, 0.2) is 0 Å². The molecule has 2 aromatic rings. The van der Waals surface area contributed by atoms with Gasteiger partial charge in [-0.3, -0.25) is 0 Å². The van der Waals surface area contributed by atoms with E-state index in [0.29, 0.717) is 18.0 Å². The maximum absolute atomic E-state index is 9.82. The second kappa shape index (κ2) is 5.77. The van der Waals surface area contributed by atoms with Crippen molar-refractivity contribution in [2.75, 3.05) is 11.9 Å². The Balaban J connectivity index is 2.11. The number of nitrogens with one attached hydrogen (secondary N) is 1. The third-order valence-electron chi connectivity index (χ3n) is 2.38. The Morgan fingerprint density at radius 1 is 1.11 bits per heavy atom. The fourth-order valence-corrected chi connectivity index (χ4v) is 1.53. The molecule has 18 heavy (non-hydrogen) atoms. The lowest BCUT2D eigenvalue weighted by molar-refractivity contribution is 0.456. The maximum Gasteiger partial charge on any atom is 0.142 e. The first-order valence-corrected chi connectivity index (χ1v) is 5.70. The van der Waals surface area contributed by atoms with E-state index in [1.165, 1.54) is 0 Å². The van der Waals surface area contributed by atoms with Gasteiger partial charge in [0.05, 0.1) is 5.69 Å². The number of rotatable bonds is 5. The number of phenols is 1. The van der Waals surface area contributed by atoms with Crippen molar-refractivity contribution >= 4 is 5.69 Å². The summed E-state index contributed by atoms with van der Waals surface area (Å²) in [5, 5.41) is 12.8. The summed E-state index contributed by atoms with van der Waals surface area (Å²) in [7, 11) is 0. The van der Waals surface area contributed by atoms with Crippen molar-refractivity contribution in [1.82, 2.24) is 0 Å². The topological polar surface area (TPSA) is 41.5 Å². The van der Waals surface area contributed by atoms with E-state index < -0.39 is 0 Å². The van der Waals surface area contributed by atoms with Crippen molar-refractivity contribution < 1.29 is 9.84 Å². The van der Waals surface area contributed by atoms with Gasteiger partial charge in [-0.2, -0.15) is 0 Å². The molecule has 2 rings (SSSR count). The van der Waals surface area contributed by atoms with Crippen LogP contribution in [0, 0.1) is 0 Å². The molecule has 3 heteroatoms. The highest BCUT2D eigenvalue weighted by molar-refractivity contribution is 5.58. The summed E-state index contributed by atoms with van der Waals surface area (Å²) in [6, 6.07) is 14.6. The van der Waals surface area contributed by atoms with Crippen molar-refractivity contribution in [3.05, 3.63) is 61.2 Å². The third kappa shape index (κ3) is 3.04. The van der Waals surface area contributed by atoms with Crippen LogP contribution in [0.1, 0.15) is 0 Å². The van der Waals surface area contributed by atoms with E-state index in [-0.39, 0.29) is 5.75 Å². The van der Waals surface area contributed by atoms with Gasteiger partial charge >= 0.3 is 0 Å². The van der Waals surface area contributed by atoms with Crippen LogP contribution in [-0.2, 0) is 0 Å². The van der Waals surface area contributed by atoms with Gasteiger partial charge in [0.2, 0.25) is 0 Å². The minimum atomic E-state index is 0.158. The van der Waals surface area contributed by atoms with Crippen molar-refractivity contribution in [3.63, 3.8) is 0 Å². The molecule has 0 bridgehead atoms. The first-order chi connectivity index (χ1) is 8.79. The van der Waals surface area contributed by atoms with Gasteiger partial charge in [0.1, 0.15) is 17.2 Å². The average molecular weight is 241 g/mol. The van der Waals surface area contributed by atoms with Crippen LogP contribution in [0.2, 0.25) is 0 Å². The Kier molecular flexibility index (Phi) is 3.86. The Morgan fingerprint density at radius 2 is 1.89 bits per heavy atom. The normalized spacial score (nSPS) is 9.78. The van der Waals surface area contributed by atoms with Crippen LogP contribution >= 0.6 is 0 Å². The highest BCUT2D eigenvalue weighted by Crippen LogP contribution is 2.30. The van der Waals surface area contributed by atoms with Gasteiger partial charge < -0.3 is 15.2 Å². The Bertz CT molecular complexity index is 523. The summed E-state index contributed by atoms with van der Waals surface area (Å²) >= 11 is 0. The number of para-hydroxylation sites is 1. The molecule has 0 unspecified atom stereocenters. The first-order valence-electron chi connectivity index (χ1n) is 5.70. The monoisotopic (exact) mass is 241 g/mol. The van der Waals surface area contributed by atoms with Crippen LogP contribution in [0.25, 0.3) is 0 Å². The number of aromatic hydroxyl groups is 1. The standard InChI is InChI=1S/C15H15NO2/c1-2-10-16-14-9-8-13(11-15(14)17)18-12-6-4-3-5-7-12/h2-9,11,16-17H,1,10H2. The molecule has 0 aliphatic carbocycles. The van der Waals surface area contributed by atoms with Crippen LogP contribution in [0.3, 0.4) is 0 Å². The lowest BCUT2D eigenvalue weighted by Gasteiger charge is -2.09. The van der Waals surface area contributed by atoms with Gasteiger partial charge in [0, 0.05) is 12.6 Å². The molecule has 0 radical (unpaired) electrons. The molecule has 0 saturated heterocycles. The van der Waals surface area contributed by atoms with Crippen LogP contribution in [0.5, 0.6) is 17.2 Å². The average Bonchev–Trinajstić information content (AvgIpc) is 2.39. The quantitative estimate of drug-likeness (QED) is 0.618. The Morgan fingerprint density at radius 3 is 2.56 bits per heavy atom. The highest BCUT2D eigenvalue weighted by Gasteiger charge is 2.03. The predicted octanol–water partition coefficient (Wildman–Crippen LogP) is 3.78. The molecule has 0 aliphatic heterocycles. The van der Waals surface area contributed by atoms with Gasteiger partial charge in [-0.25, -0.2) is 0 Å². The van der Waals surface area contributed by atoms with Crippen molar-refractivity contribution in [1.29, 1.82) is 0 Å². The van der Waals surface area contributed by atoms with E-state index in [2.05, 4.69) is 11.9 Å². The molecule has 3 nitrogen and oxygen atoms in total. The van der Waals surface area contributed by atoms with Gasteiger partial charge in [-0.15, -0.1) is 6.58 Å². The number of benzene rings is 2. The number of ether oxygens (including phenoxy) is 1. The maximum atomic E-state index is 9.82. The Labute approximate surface area is 106 Å². The third-order valence-corrected chi connectivity index (χ3v) is 2.38. The van der Waals surface area contributed by atoms with E-state index >= 15 is 0 Å². The van der Waals surface area contributed by atoms with Crippen molar-refractivity contribution in [2.24, 2.45) is 0 Å². The molecule has 0 atom stereocenters.